The van der Waals surface area contributed by atoms with Crippen LogP contribution in [0, 0.1) is 5.82 Å². The maximum atomic E-state index is 14.3. The summed E-state index contributed by atoms with van der Waals surface area (Å²) in [7, 11) is 0. The van der Waals surface area contributed by atoms with Crippen LogP contribution in [0.15, 0.2) is 18.2 Å². The number of H-pyrrole nitrogens is 1. The molecule has 0 aliphatic carbocycles. The molecular formula is C15H20FNO. The smallest absolute Gasteiger partial charge is 0.174 e. The van der Waals surface area contributed by atoms with Crippen LogP contribution in [0.4, 0.5) is 4.39 Å². The maximum Gasteiger partial charge on any atom is 0.174 e. The Labute approximate surface area is 107 Å². The minimum atomic E-state index is -0.397. The summed E-state index contributed by atoms with van der Waals surface area (Å²) in [5.41, 5.74) is 1.46. The quantitative estimate of drug-likeness (QED) is 0.826. The van der Waals surface area contributed by atoms with Crippen molar-refractivity contribution < 1.29 is 9.13 Å². The van der Waals surface area contributed by atoms with Gasteiger partial charge in [0.25, 0.3) is 0 Å². The van der Waals surface area contributed by atoms with Gasteiger partial charge in [0, 0.05) is 16.6 Å². The fraction of sp³-hybridized carbons (Fsp3) is 0.467. The number of aromatic amines is 1. The van der Waals surface area contributed by atoms with Gasteiger partial charge < -0.3 is 9.72 Å². The third-order valence-corrected chi connectivity index (χ3v) is 2.76. The molecule has 0 bridgehead atoms. The zero-order chi connectivity index (χ0) is 13.5. The summed E-state index contributed by atoms with van der Waals surface area (Å²) in [5.74, 6) is 0.374. The van der Waals surface area contributed by atoms with E-state index >= 15 is 0 Å². The van der Waals surface area contributed by atoms with Crippen LogP contribution in [0.3, 0.4) is 0 Å². The molecule has 0 amide bonds. The number of fused-ring (bicyclic) bond motifs is 1. The highest BCUT2D eigenvalue weighted by Crippen LogP contribution is 2.30. The Balaban J connectivity index is 2.50. The van der Waals surface area contributed by atoms with Crippen LogP contribution in [0.25, 0.3) is 10.9 Å². The molecule has 0 aliphatic rings. The van der Waals surface area contributed by atoms with Crippen LogP contribution >= 0.6 is 0 Å². The molecule has 18 heavy (non-hydrogen) atoms. The van der Waals surface area contributed by atoms with Gasteiger partial charge in [0.05, 0.1) is 0 Å². The topological polar surface area (TPSA) is 25.0 Å². The minimum absolute atomic E-state index is 0.287. The highest BCUT2D eigenvalue weighted by atomic mass is 19.1. The molecule has 3 heteroatoms. The predicted octanol–water partition coefficient (Wildman–Crippen LogP) is 4.61. The van der Waals surface area contributed by atoms with E-state index in [9.17, 15) is 4.39 Å². The molecule has 2 aromatic rings. The van der Waals surface area contributed by atoms with E-state index in [1.165, 1.54) is 0 Å². The molecule has 0 spiro atoms. The van der Waals surface area contributed by atoms with Crippen molar-refractivity contribution >= 4 is 10.9 Å². The molecule has 0 saturated carbocycles. The molecule has 0 atom stereocenters. The lowest BCUT2D eigenvalue weighted by Gasteiger charge is -2.21. The van der Waals surface area contributed by atoms with Crippen molar-refractivity contribution in [3.05, 3.63) is 29.7 Å². The van der Waals surface area contributed by atoms with E-state index in [1.807, 2.05) is 32.9 Å². The van der Waals surface area contributed by atoms with Crippen molar-refractivity contribution in [2.45, 2.75) is 46.1 Å². The van der Waals surface area contributed by atoms with Gasteiger partial charge >= 0.3 is 0 Å². The van der Waals surface area contributed by atoms with Crippen molar-refractivity contribution in [2.75, 3.05) is 0 Å². The van der Waals surface area contributed by atoms with E-state index in [1.54, 1.807) is 6.07 Å². The molecule has 98 valence electrons. The third-order valence-electron chi connectivity index (χ3n) is 2.76. The van der Waals surface area contributed by atoms with E-state index in [2.05, 4.69) is 18.8 Å². The first kappa shape index (κ1) is 12.9. The molecule has 0 aliphatic heterocycles. The molecule has 1 heterocycles. The second kappa shape index (κ2) is 4.30. The van der Waals surface area contributed by atoms with Crippen molar-refractivity contribution in [3.63, 3.8) is 0 Å². The Morgan fingerprint density at radius 1 is 1.22 bits per heavy atom. The van der Waals surface area contributed by atoms with E-state index in [0.717, 1.165) is 11.2 Å². The van der Waals surface area contributed by atoms with Crippen LogP contribution < -0.4 is 4.74 Å². The molecule has 1 aromatic heterocycles. The highest BCUT2D eigenvalue weighted by Gasteiger charge is 2.18. The Kier molecular flexibility index (Phi) is 3.09. The van der Waals surface area contributed by atoms with Crippen LogP contribution in [0.2, 0.25) is 0 Å². The summed E-state index contributed by atoms with van der Waals surface area (Å²) >= 11 is 0. The first-order chi connectivity index (χ1) is 8.28. The van der Waals surface area contributed by atoms with Gasteiger partial charge in [-0.3, -0.25) is 0 Å². The van der Waals surface area contributed by atoms with Crippen LogP contribution in [-0.4, -0.2) is 10.6 Å². The standard InChI is InChI=1S/C15H20FNO/c1-9(2)12-8-10-11(17-12)6-7-13(14(10)16)18-15(3,4)5/h6-9,17H,1-5H3. The van der Waals surface area contributed by atoms with Crippen LogP contribution in [0.5, 0.6) is 5.75 Å². The minimum Gasteiger partial charge on any atom is -0.485 e. The van der Waals surface area contributed by atoms with E-state index in [-0.39, 0.29) is 5.82 Å². The van der Waals surface area contributed by atoms with Gasteiger partial charge in [-0.2, -0.15) is 0 Å². The highest BCUT2D eigenvalue weighted by molar-refractivity contribution is 5.83. The Hall–Kier alpha value is -1.51. The molecule has 0 fully saturated rings. The van der Waals surface area contributed by atoms with Gasteiger partial charge in [0.15, 0.2) is 11.6 Å². The summed E-state index contributed by atoms with van der Waals surface area (Å²) in [5, 5.41) is 0.598. The molecule has 1 N–H and O–H groups in total. The Morgan fingerprint density at radius 3 is 2.44 bits per heavy atom. The Morgan fingerprint density at radius 2 is 1.89 bits per heavy atom. The number of hydrogen-bond acceptors (Lipinski definition) is 1. The summed E-state index contributed by atoms with van der Waals surface area (Å²) in [6, 6.07) is 5.42. The monoisotopic (exact) mass is 249 g/mol. The van der Waals surface area contributed by atoms with Gasteiger partial charge in [0.2, 0.25) is 0 Å². The molecule has 2 nitrogen and oxygen atoms in total. The molecule has 0 radical (unpaired) electrons. The average Bonchev–Trinajstić information content (AvgIpc) is 2.65. The summed E-state index contributed by atoms with van der Waals surface area (Å²) in [4.78, 5) is 3.23. The molecule has 1 aromatic carbocycles. The van der Waals surface area contributed by atoms with E-state index in [0.29, 0.717) is 17.1 Å². The lowest BCUT2D eigenvalue weighted by Crippen LogP contribution is -2.23. The molecule has 0 saturated heterocycles. The van der Waals surface area contributed by atoms with E-state index in [4.69, 9.17) is 4.74 Å². The first-order valence-electron chi connectivity index (χ1n) is 6.28. The second-order valence-corrected chi connectivity index (χ2v) is 5.93. The molecular weight excluding hydrogens is 229 g/mol. The second-order valence-electron chi connectivity index (χ2n) is 5.93. The number of aromatic nitrogens is 1. The van der Waals surface area contributed by atoms with Crippen molar-refractivity contribution in [1.29, 1.82) is 0 Å². The molecule has 2 rings (SSSR count). The van der Waals surface area contributed by atoms with Crippen LogP contribution in [-0.2, 0) is 0 Å². The van der Waals surface area contributed by atoms with Gasteiger partial charge in [-0.15, -0.1) is 0 Å². The number of ether oxygens (including phenoxy) is 1. The van der Waals surface area contributed by atoms with Crippen molar-refractivity contribution in [2.24, 2.45) is 0 Å². The number of nitrogens with one attached hydrogen (secondary N) is 1. The number of hydrogen-bond donors (Lipinski definition) is 1. The third kappa shape index (κ3) is 2.50. The van der Waals surface area contributed by atoms with E-state index < -0.39 is 5.60 Å². The maximum absolute atomic E-state index is 14.3. The number of halogens is 1. The van der Waals surface area contributed by atoms with Gasteiger partial charge in [-0.1, -0.05) is 13.8 Å². The number of rotatable bonds is 2. The lowest BCUT2D eigenvalue weighted by molar-refractivity contribution is 0.125. The summed E-state index contributed by atoms with van der Waals surface area (Å²) in [6.45, 7) is 9.89. The first-order valence-corrected chi connectivity index (χ1v) is 6.28. The van der Waals surface area contributed by atoms with Crippen LogP contribution in [0.1, 0.15) is 46.2 Å². The summed E-state index contributed by atoms with van der Waals surface area (Å²) < 4.78 is 20.0. The summed E-state index contributed by atoms with van der Waals surface area (Å²) in [6.07, 6.45) is 0. The average molecular weight is 249 g/mol. The normalized spacial score (nSPS) is 12.4. The van der Waals surface area contributed by atoms with Gasteiger partial charge in [-0.25, -0.2) is 4.39 Å². The number of benzene rings is 1. The van der Waals surface area contributed by atoms with Gasteiger partial charge in [-0.05, 0) is 44.9 Å². The van der Waals surface area contributed by atoms with Crippen molar-refractivity contribution in [1.82, 2.24) is 4.98 Å². The Bertz CT molecular complexity index is 564. The van der Waals surface area contributed by atoms with Gasteiger partial charge in [0.1, 0.15) is 5.60 Å². The fourth-order valence-corrected chi connectivity index (χ4v) is 1.89. The van der Waals surface area contributed by atoms with Crippen molar-refractivity contribution in [3.8, 4) is 5.75 Å². The zero-order valence-electron chi connectivity index (χ0n) is 11.6. The lowest BCUT2D eigenvalue weighted by atomic mass is 10.1. The largest absolute Gasteiger partial charge is 0.485 e. The predicted molar refractivity (Wildman–Crippen MR) is 72.7 cm³/mol. The SMILES string of the molecule is CC(C)c1cc2c(F)c(OC(C)(C)C)ccc2[nH]1. The zero-order valence-corrected chi connectivity index (χ0v) is 11.6. The molecule has 0 unspecified atom stereocenters. The fourth-order valence-electron chi connectivity index (χ4n) is 1.89.